The molecule has 0 spiro atoms. The molecule has 0 fully saturated rings. The SMILES string of the molecule is COc1ccc(F)c(-c2cccc(C3(c4ccc(OC(C)F)cc4F)COC(N)=N3)c2)c1. The van der Waals surface area contributed by atoms with Gasteiger partial charge in [0.05, 0.1) is 7.11 Å². The lowest BCUT2D eigenvalue weighted by molar-refractivity contribution is 0.0856. The van der Waals surface area contributed by atoms with Crippen LogP contribution in [0.5, 0.6) is 11.5 Å². The van der Waals surface area contributed by atoms with Gasteiger partial charge in [0.25, 0.3) is 6.02 Å². The molecule has 1 aliphatic rings. The number of aliphatic imine (C=N–C) groups is 1. The predicted octanol–water partition coefficient (Wildman–Crippen LogP) is 4.92. The number of amidine groups is 1. The third kappa shape index (κ3) is 3.95. The van der Waals surface area contributed by atoms with Crippen LogP contribution < -0.4 is 15.2 Å². The molecule has 2 N–H and O–H groups in total. The van der Waals surface area contributed by atoms with Crippen molar-refractivity contribution in [2.45, 2.75) is 18.8 Å². The van der Waals surface area contributed by atoms with E-state index in [4.69, 9.17) is 19.9 Å². The smallest absolute Gasteiger partial charge is 0.283 e. The van der Waals surface area contributed by atoms with Gasteiger partial charge in [-0.05, 0) is 47.5 Å². The molecule has 0 radical (unpaired) electrons. The Kier molecular flexibility index (Phi) is 5.69. The largest absolute Gasteiger partial charge is 0.497 e. The molecule has 2 atom stereocenters. The van der Waals surface area contributed by atoms with Crippen LogP contribution in [0.2, 0.25) is 0 Å². The number of methoxy groups -OCH3 is 1. The first-order valence-electron chi connectivity index (χ1n) is 9.86. The fourth-order valence-corrected chi connectivity index (χ4v) is 3.76. The molecule has 8 heteroatoms. The zero-order valence-corrected chi connectivity index (χ0v) is 17.4. The van der Waals surface area contributed by atoms with E-state index in [9.17, 15) is 8.78 Å². The highest BCUT2D eigenvalue weighted by Crippen LogP contribution is 2.41. The Labute approximate surface area is 183 Å². The fourth-order valence-electron chi connectivity index (χ4n) is 3.76. The van der Waals surface area contributed by atoms with Crippen molar-refractivity contribution in [2.75, 3.05) is 13.7 Å². The first-order valence-corrected chi connectivity index (χ1v) is 9.86. The van der Waals surface area contributed by atoms with Crippen LogP contribution in [0.4, 0.5) is 13.2 Å². The molecule has 1 heterocycles. The predicted molar refractivity (Wildman–Crippen MR) is 114 cm³/mol. The minimum absolute atomic E-state index is 0.0412. The van der Waals surface area contributed by atoms with Crippen LogP contribution in [0, 0.1) is 11.6 Å². The van der Waals surface area contributed by atoms with Crippen molar-refractivity contribution in [1.29, 1.82) is 0 Å². The second-order valence-electron chi connectivity index (χ2n) is 7.33. The molecule has 0 amide bonds. The average Bonchev–Trinajstić information content (AvgIpc) is 3.16. The Morgan fingerprint density at radius 2 is 1.81 bits per heavy atom. The number of rotatable bonds is 6. The first kappa shape index (κ1) is 21.5. The number of ether oxygens (including phenoxy) is 3. The monoisotopic (exact) mass is 442 g/mol. The van der Waals surface area contributed by atoms with Crippen LogP contribution >= 0.6 is 0 Å². The summed E-state index contributed by atoms with van der Waals surface area (Å²) in [6.45, 7) is 1.14. The summed E-state index contributed by atoms with van der Waals surface area (Å²) in [5.74, 6) is -0.560. The second-order valence-corrected chi connectivity index (χ2v) is 7.33. The van der Waals surface area contributed by atoms with Crippen LogP contribution in [-0.2, 0) is 10.3 Å². The van der Waals surface area contributed by atoms with Crippen molar-refractivity contribution in [3.05, 3.63) is 83.4 Å². The summed E-state index contributed by atoms with van der Waals surface area (Å²) in [7, 11) is 1.50. The Bertz CT molecular complexity index is 1180. The Morgan fingerprint density at radius 3 is 2.47 bits per heavy atom. The van der Waals surface area contributed by atoms with Gasteiger partial charge in [0.15, 0.2) is 5.54 Å². The van der Waals surface area contributed by atoms with Crippen LogP contribution in [0.15, 0.2) is 65.7 Å². The third-order valence-electron chi connectivity index (χ3n) is 5.24. The normalized spacial score (nSPS) is 18.6. The number of nitrogens with zero attached hydrogens (tertiary/aromatic N) is 1. The molecule has 0 saturated carbocycles. The second kappa shape index (κ2) is 8.45. The highest BCUT2D eigenvalue weighted by atomic mass is 19.1. The highest BCUT2D eigenvalue weighted by molar-refractivity contribution is 5.76. The lowest BCUT2D eigenvalue weighted by Crippen LogP contribution is -2.28. The highest BCUT2D eigenvalue weighted by Gasteiger charge is 2.42. The topological polar surface area (TPSA) is 66.1 Å². The van der Waals surface area contributed by atoms with Gasteiger partial charge in [-0.2, -0.15) is 0 Å². The maximum absolute atomic E-state index is 15.2. The number of hydrogen-bond donors (Lipinski definition) is 1. The fraction of sp³-hybridized carbons (Fsp3) is 0.208. The number of hydrogen-bond acceptors (Lipinski definition) is 5. The molecule has 0 aromatic heterocycles. The summed E-state index contributed by atoms with van der Waals surface area (Å²) >= 11 is 0. The van der Waals surface area contributed by atoms with E-state index in [1.165, 1.54) is 38.3 Å². The van der Waals surface area contributed by atoms with Crippen LogP contribution in [-0.4, -0.2) is 26.1 Å². The molecule has 32 heavy (non-hydrogen) atoms. The Balaban J connectivity index is 1.84. The molecule has 1 aliphatic heterocycles. The molecule has 3 aromatic carbocycles. The standard InChI is InChI=1S/C24H21F3N2O3/c1-14(25)32-18-6-8-20(22(27)12-18)24(13-31-23(28)29-24)16-5-3-4-15(10-16)19-11-17(30-2)7-9-21(19)26/h3-12,14H,13H2,1-2H3,(H2,28,29). The van der Waals surface area contributed by atoms with Gasteiger partial charge in [0, 0.05) is 24.1 Å². The maximum Gasteiger partial charge on any atom is 0.283 e. The van der Waals surface area contributed by atoms with Gasteiger partial charge in [-0.3, -0.25) is 0 Å². The Hall–Kier alpha value is -3.68. The van der Waals surface area contributed by atoms with Crippen molar-refractivity contribution in [3.63, 3.8) is 0 Å². The van der Waals surface area contributed by atoms with E-state index >= 15 is 4.39 Å². The van der Waals surface area contributed by atoms with Crippen LogP contribution in [0.3, 0.4) is 0 Å². The quantitative estimate of drug-likeness (QED) is 0.588. The molecular weight excluding hydrogens is 421 g/mol. The zero-order chi connectivity index (χ0) is 22.9. The van der Waals surface area contributed by atoms with E-state index in [0.29, 0.717) is 22.4 Å². The molecule has 0 saturated heterocycles. The number of nitrogens with two attached hydrogens (primary N) is 1. The zero-order valence-electron chi connectivity index (χ0n) is 17.4. The minimum Gasteiger partial charge on any atom is -0.497 e. The minimum atomic E-state index is -1.59. The summed E-state index contributed by atoms with van der Waals surface area (Å²) in [5, 5.41) is 0. The van der Waals surface area contributed by atoms with Gasteiger partial charge in [0.1, 0.15) is 29.7 Å². The lowest BCUT2D eigenvalue weighted by atomic mass is 9.82. The summed E-state index contributed by atoms with van der Waals surface area (Å²) < 4.78 is 58.4. The van der Waals surface area contributed by atoms with Gasteiger partial charge in [-0.25, -0.2) is 18.2 Å². The van der Waals surface area contributed by atoms with E-state index in [2.05, 4.69) is 4.99 Å². The van der Waals surface area contributed by atoms with Crippen molar-refractivity contribution in [1.82, 2.24) is 0 Å². The molecule has 0 bridgehead atoms. The third-order valence-corrected chi connectivity index (χ3v) is 5.24. The van der Waals surface area contributed by atoms with Gasteiger partial charge >= 0.3 is 0 Å². The van der Waals surface area contributed by atoms with Gasteiger partial charge < -0.3 is 19.9 Å². The number of alkyl halides is 1. The summed E-state index contributed by atoms with van der Waals surface area (Å²) in [5.41, 5.74) is 6.07. The van der Waals surface area contributed by atoms with Crippen molar-refractivity contribution >= 4 is 6.02 Å². The van der Waals surface area contributed by atoms with Gasteiger partial charge in [0.2, 0.25) is 6.36 Å². The van der Waals surface area contributed by atoms with Crippen molar-refractivity contribution in [2.24, 2.45) is 10.7 Å². The van der Waals surface area contributed by atoms with E-state index in [1.807, 2.05) is 0 Å². The van der Waals surface area contributed by atoms with Crippen LogP contribution in [0.25, 0.3) is 11.1 Å². The molecule has 2 unspecified atom stereocenters. The van der Waals surface area contributed by atoms with E-state index in [1.54, 1.807) is 30.3 Å². The van der Waals surface area contributed by atoms with E-state index in [-0.39, 0.29) is 23.9 Å². The molecule has 166 valence electrons. The van der Waals surface area contributed by atoms with Gasteiger partial charge in [-0.15, -0.1) is 0 Å². The number of halogens is 3. The average molecular weight is 442 g/mol. The van der Waals surface area contributed by atoms with Crippen molar-refractivity contribution in [3.8, 4) is 22.6 Å². The molecule has 4 rings (SSSR count). The van der Waals surface area contributed by atoms with Crippen LogP contribution in [0.1, 0.15) is 18.1 Å². The van der Waals surface area contributed by atoms with E-state index in [0.717, 1.165) is 6.07 Å². The Morgan fingerprint density at radius 1 is 1.03 bits per heavy atom. The van der Waals surface area contributed by atoms with Gasteiger partial charge in [-0.1, -0.05) is 18.2 Å². The molecule has 3 aromatic rings. The van der Waals surface area contributed by atoms with Crippen molar-refractivity contribution < 1.29 is 27.4 Å². The molecule has 0 aliphatic carbocycles. The summed E-state index contributed by atoms with van der Waals surface area (Å²) in [6.07, 6.45) is -1.59. The molecular formula is C24H21F3N2O3. The summed E-state index contributed by atoms with van der Waals surface area (Å²) in [4.78, 5) is 4.40. The molecule has 5 nitrogen and oxygen atoms in total. The lowest BCUT2D eigenvalue weighted by Gasteiger charge is -2.26. The van der Waals surface area contributed by atoms with E-state index < -0.39 is 23.5 Å². The number of benzene rings is 3. The summed E-state index contributed by atoms with van der Waals surface area (Å²) in [6, 6.07) is 15.2. The maximum atomic E-state index is 15.2. The first-order chi connectivity index (χ1) is 15.3.